The maximum atomic E-state index is 12.3. The van der Waals surface area contributed by atoms with E-state index >= 15 is 0 Å². The van der Waals surface area contributed by atoms with Crippen molar-refractivity contribution in [1.82, 2.24) is 16.0 Å². The van der Waals surface area contributed by atoms with Gasteiger partial charge in [-0.05, 0) is 24.3 Å². The Kier molecular flexibility index (Phi) is 8.64. The number of urea groups is 1. The minimum absolute atomic E-state index is 0.0792. The van der Waals surface area contributed by atoms with Gasteiger partial charge in [0.15, 0.2) is 6.61 Å². The van der Waals surface area contributed by atoms with Crippen LogP contribution in [-0.2, 0) is 25.5 Å². The Balaban J connectivity index is 1.76. The normalized spacial score (nSPS) is 14.9. The predicted molar refractivity (Wildman–Crippen MR) is 107 cm³/mol. The van der Waals surface area contributed by atoms with Crippen molar-refractivity contribution in [2.45, 2.75) is 58.0 Å². The number of ether oxygens (including phenoxy) is 1. The summed E-state index contributed by atoms with van der Waals surface area (Å²) in [6.07, 6.45) is 4.05. The molecule has 1 atom stereocenters. The third kappa shape index (κ3) is 7.93. The quantitative estimate of drug-likeness (QED) is 0.572. The Labute approximate surface area is 170 Å². The lowest BCUT2D eigenvalue weighted by Gasteiger charge is -2.21. The maximum Gasteiger partial charge on any atom is 0.329 e. The van der Waals surface area contributed by atoms with Crippen LogP contribution in [0.3, 0.4) is 0 Å². The maximum absolute atomic E-state index is 12.3. The van der Waals surface area contributed by atoms with Gasteiger partial charge in [0.05, 0.1) is 6.42 Å². The van der Waals surface area contributed by atoms with Gasteiger partial charge < -0.3 is 15.4 Å². The number of esters is 1. The first kappa shape index (κ1) is 22.4. The lowest BCUT2D eigenvalue weighted by atomic mass is 10.0. The summed E-state index contributed by atoms with van der Waals surface area (Å²) in [5.41, 5.74) is 0.827. The van der Waals surface area contributed by atoms with Crippen LogP contribution < -0.4 is 16.0 Å². The molecular formula is C21H29N3O5. The highest BCUT2D eigenvalue weighted by molar-refractivity contribution is 5.96. The lowest BCUT2D eigenvalue weighted by Crippen LogP contribution is -2.48. The van der Waals surface area contributed by atoms with Crippen LogP contribution in [0.15, 0.2) is 30.3 Å². The second-order valence-electron chi connectivity index (χ2n) is 7.56. The number of benzene rings is 1. The van der Waals surface area contributed by atoms with E-state index in [0.29, 0.717) is 0 Å². The van der Waals surface area contributed by atoms with Gasteiger partial charge in [-0.2, -0.15) is 0 Å². The fraction of sp³-hybridized carbons (Fsp3) is 0.524. The molecule has 0 radical (unpaired) electrons. The zero-order valence-corrected chi connectivity index (χ0v) is 16.9. The molecule has 1 aliphatic rings. The molecule has 1 saturated carbocycles. The highest BCUT2D eigenvalue weighted by atomic mass is 16.5. The summed E-state index contributed by atoms with van der Waals surface area (Å²) in [6.45, 7) is 2.95. The Morgan fingerprint density at radius 2 is 1.69 bits per heavy atom. The van der Waals surface area contributed by atoms with Crippen molar-refractivity contribution in [2.24, 2.45) is 5.92 Å². The molecule has 1 fully saturated rings. The molecule has 8 heteroatoms. The number of amides is 4. The van der Waals surface area contributed by atoms with Crippen molar-refractivity contribution in [3.63, 3.8) is 0 Å². The van der Waals surface area contributed by atoms with E-state index in [2.05, 4.69) is 16.0 Å². The highest BCUT2D eigenvalue weighted by Crippen LogP contribution is 2.17. The molecule has 1 aromatic carbocycles. The number of nitrogens with one attached hydrogen (secondary N) is 3. The molecule has 158 valence electrons. The topological polar surface area (TPSA) is 114 Å². The standard InChI is InChI=1S/C21H29N3O5/c1-14(2)19(23-17(25)12-15-8-4-3-5-9-15)20(27)29-13-18(26)24-21(28)22-16-10-6-7-11-16/h3-5,8-9,14,16,19H,6-7,10-13H2,1-2H3,(H,23,25)(H2,22,24,26,28). The Morgan fingerprint density at radius 3 is 2.31 bits per heavy atom. The van der Waals surface area contributed by atoms with Gasteiger partial charge in [-0.1, -0.05) is 57.0 Å². The van der Waals surface area contributed by atoms with E-state index in [1.54, 1.807) is 13.8 Å². The van der Waals surface area contributed by atoms with Gasteiger partial charge in [0.25, 0.3) is 5.91 Å². The SMILES string of the molecule is CC(C)C(NC(=O)Cc1ccccc1)C(=O)OCC(=O)NC(=O)NC1CCCC1. The van der Waals surface area contributed by atoms with Crippen molar-refractivity contribution in [3.8, 4) is 0 Å². The summed E-state index contributed by atoms with van der Waals surface area (Å²) in [6, 6.07) is 7.77. The molecule has 0 aromatic heterocycles. The Bertz CT molecular complexity index is 714. The number of hydrogen-bond acceptors (Lipinski definition) is 5. The molecule has 0 bridgehead atoms. The van der Waals surface area contributed by atoms with Crippen LogP contribution in [0, 0.1) is 5.92 Å². The van der Waals surface area contributed by atoms with E-state index in [0.717, 1.165) is 31.2 Å². The molecule has 0 heterocycles. The van der Waals surface area contributed by atoms with Gasteiger partial charge in [-0.3, -0.25) is 14.9 Å². The first-order valence-electron chi connectivity index (χ1n) is 9.95. The highest BCUT2D eigenvalue weighted by Gasteiger charge is 2.26. The second-order valence-corrected chi connectivity index (χ2v) is 7.56. The monoisotopic (exact) mass is 403 g/mol. The van der Waals surface area contributed by atoms with Crippen LogP contribution in [0.4, 0.5) is 4.79 Å². The summed E-state index contributed by atoms with van der Waals surface area (Å²) >= 11 is 0. The Hall–Kier alpha value is -2.90. The van der Waals surface area contributed by atoms with E-state index in [9.17, 15) is 19.2 Å². The first-order chi connectivity index (χ1) is 13.8. The molecular weight excluding hydrogens is 374 g/mol. The number of carbonyl (C=O) groups excluding carboxylic acids is 4. The molecule has 1 aliphatic carbocycles. The van der Waals surface area contributed by atoms with Gasteiger partial charge in [-0.15, -0.1) is 0 Å². The van der Waals surface area contributed by atoms with Gasteiger partial charge in [0, 0.05) is 6.04 Å². The van der Waals surface area contributed by atoms with Gasteiger partial charge in [-0.25, -0.2) is 9.59 Å². The van der Waals surface area contributed by atoms with Gasteiger partial charge in [0.2, 0.25) is 5.91 Å². The summed E-state index contributed by atoms with van der Waals surface area (Å²) in [5, 5.41) is 7.52. The van der Waals surface area contributed by atoms with Gasteiger partial charge >= 0.3 is 12.0 Å². The van der Waals surface area contributed by atoms with Crippen molar-refractivity contribution >= 4 is 23.8 Å². The largest absolute Gasteiger partial charge is 0.454 e. The summed E-state index contributed by atoms with van der Waals surface area (Å²) in [4.78, 5) is 48.2. The van der Waals surface area contributed by atoms with Crippen molar-refractivity contribution in [1.29, 1.82) is 0 Å². The van der Waals surface area contributed by atoms with Crippen molar-refractivity contribution in [2.75, 3.05) is 6.61 Å². The van der Waals surface area contributed by atoms with Gasteiger partial charge in [0.1, 0.15) is 6.04 Å². The fourth-order valence-electron chi connectivity index (χ4n) is 3.18. The lowest BCUT2D eigenvalue weighted by molar-refractivity contribution is -0.152. The molecule has 29 heavy (non-hydrogen) atoms. The second kappa shape index (κ2) is 11.2. The van der Waals surface area contributed by atoms with Crippen LogP contribution in [0.5, 0.6) is 0 Å². The average molecular weight is 403 g/mol. The zero-order valence-electron chi connectivity index (χ0n) is 16.9. The van der Waals surface area contributed by atoms with Crippen LogP contribution in [0.2, 0.25) is 0 Å². The summed E-state index contributed by atoms with van der Waals surface area (Å²) in [5.74, 6) is -1.97. The van der Waals surface area contributed by atoms with E-state index in [4.69, 9.17) is 4.74 Å². The average Bonchev–Trinajstić information content (AvgIpc) is 3.17. The van der Waals surface area contributed by atoms with Crippen LogP contribution in [-0.4, -0.2) is 42.5 Å². The van der Waals surface area contributed by atoms with Crippen molar-refractivity contribution in [3.05, 3.63) is 35.9 Å². The molecule has 0 saturated heterocycles. The predicted octanol–water partition coefficient (Wildman–Crippen LogP) is 1.68. The minimum Gasteiger partial charge on any atom is -0.454 e. The number of rotatable bonds is 8. The van der Waals surface area contributed by atoms with E-state index in [1.165, 1.54) is 0 Å². The number of hydrogen-bond donors (Lipinski definition) is 3. The molecule has 2 rings (SSSR count). The fourth-order valence-corrected chi connectivity index (χ4v) is 3.18. The minimum atomic E-state index is -0.883. The Morgan fingerprint density at radius 1 is 1.03 bits per heavy atom. The summed E-state index contributed by atoms with van der Waals surface area (Å²) < 4.78 is 5.00. The van der Waals surface area contributed by atoms with Crippen LogP contribution in [0.25, 0.3) is 0 Å². The molecule has 0 spiro atoms. The molecule has 0 aliphatic heterocycles. The van der Waals surface area contributed by atoms with Crippen LogP contribution >= 0.6 is 0 Å². The van der Waals surface area contributed by atoms with E-state index in [-0.39, 0.29) is 24.3 Å². The number of carbonyl (C=O) groups is 4. The van der Waals surface area contributed by atoms with Crippen LogP contribution in [0.1, 0.15) is 45.1 Å². The van der Waals surface area contributed by atoms with E-state index in [1.807, 2.05) is 30.3 Å². The third-order valence-electron chi connectivity index (χ3n) is 4.73. The summed E-state index contributed by atoms with van der Waals surface area (Å²) in [7, 11) is 0. The van der Waals surface area contributed by atoms with E-state index < -0.39 is 30.6 Å². The number of imide groups is 1. The zero-order chi connectivity index (χ0) is 21.2. The molecule has 1 aromatic rings. The molecule has 3 N–H and O–H groups in total. The third-order valence-corrected chi connectivity index (χ3v) is 4.73. The molecule has 8 nitrogen and oxygen atoms in total. The first-order valence-corrected chi connectivity index (χ1v) is 9.95. The smallest absolute Gasteiger partial charge is 0.329 e. The van der Waals surface area contributed by atoms with Crippen molar-refractivity contribution < 1.29 is 23.9 Å². The molecule has 4 amide bonds. The molecule has 1 unspecified atom stereocenters.